The molecule has 0 aromatic heterocycles. The molecule has 1 aliphatic rings. The van der Waals surface area contributed by atoms with Crippen LogP contribution in [0.15, 0.2) is 0 Å². The minimum absolute atomic E-state index is 0.121. The Labute approximate surface area is 84.3 Å². The number of alkyl halides is 3. The Morgan fingerprint density at radius 1 is 1.20 bits per heavy atom. The van der Waals surface area contributed by atoms with Gasteiger partial charge in [0.15, 0.2) is 0 Å². The predicted octanol–water partition coefficient (Wildman–Crippen LogP) is -0.690. The van der Waals surface area contributed by atoms with Crippen molar-refractivity contribution in [3.8, 4) is 0 Å². The van der Waals surface area contributed by atoms with Crippen molar-refractivity contribution in [2.45, 2.75) is 6.18 Å². The quantitative estimate of drug-likeness (QED) is 0.665. The number of hydrogen-bond acceptors (Lipinski definition) is 4. The van der Waals surface area contributed by atoms with E-state index in [1.54, 1.807) is 0 Å². The fourth-order valence-corrected chi connectivity index (χ4v) is 2.34. The number of piperazine rings is 1. The molecule has 0 radical (unpaired) electrons. The van der Waals surface area contributed by atoms with Crippen molar-refractivity contribution < 1.29 is 26.4 Å². The first kappa shape index (κ1) is 12.4. The first-order valence-corrected chi connectivity index (χ1v) is 5.52. The highest BCUT2D eigenvalue weighted by Crippen LogP contribution is 2.21. The Bertz CT molecular complexity index is 345. The van der Waals surface area contributed by atoms with E-state index in [9.17, 15) is 26.4 Å². The van der Waals surface area contributed by atoms with E-state index < -0.39 is 21.3 Å². The lowest BCUT2D eigenvalue weighted by molar-refractivity contribution is -0.161. The summed E-state index contributed by atoms with van der Waals surface area (Å²) in [5.41, 5.74) is 0. The molecular formula is C6H9F3N2O3S. The van der Waals surface area contributed by atoms with Crippen LogP contribution in [0.2, 0.25) is 0 Å². The van der Waals surface area contributed by atoms with E-state index in [0.717, 1.165) is 0 Å². The van der Waals surface area contributed by atoms with Crippen molar-refractivity contribution >= 4 is 15.1 Å². The van der Waals surface area contributed by atoms with Crippen molar-refractivity contribution in [3.05, 3.63) is 0 Å². The monoisotopic (exact) mass is 246 g/mol. The lowest BCUT2D eigenvalue weighted by atomic mass is 10.4. The molecule has 0 atom stereocenters. The molecule has 0 bridgehead atoms. The largest absolute Gasteiger partial charge is 0.467 e. The zero-order chi connectivity index (χ0) is 11.7. The summed E-state index contributed by atoms with van der Waals surface area (Å²) >= 11 is 0. The molecule has 1 N–H and O–H groups in total. The van der Waals surface area contributed by atoms with Crippen LogP contribution in [0, 0.1) is 0 Å². The molecule has 88 valence electrons. The molecule has 0 saturated carbocycles. The van der Waals surface area contributed by atoms with E-state index >= 15 is 0 Å². The highest BCUT2D eigenvalue weighted by Gasteiger charge is 2.50. The summed E-state index contributed by atoms with van der Waals surface area (Å²) in [6, 6.07) is 0. The maximum Gasteiger partial charge on any atom is 0.467 e. The number of rotatable bonds is 1. The lowest BCUT2D eigenvalue weighted by Gasteiger charge is -2.25. The van der Waals surface area contributed by atoms with Crippen molar-refractivity contribution in [1.29, 1.82) is 0 Å². The van der Waals surface area contributed by atoms with Gasteiger partial charge in [0.1, 0.15) is 0 Å². The maximum atomic E-state index is 11.9. The van der Waals surface area contributed by atoms with E-state index in [0.29, 0.717) is 4.31 Å². The van der Waals surface area contributed by atoms with Crippen LogP contribution >= 0.6 is 0 Å². The number of carbonyl (C=O) groups is 1. The first-order valence-electron chi connectivity index (χ1n) is 4.08. The third kappa shape index (κ3) is 2.67. The SMILES string of the molecule is O=C(C(F)(F)F)S(=O)(=O)N1CCNCC1. The number of nitrogens with one attached hydrogen (secondary N) is 1. The van der Waals surface area contributed by atoms with Gasteiger partial charge in [-0.3, -0.25) is 4.79 Å². The maximum absolute atomic E-state index is 11.9. The molecule has 1 aliphatic heterocycles. The molecule has 1 heterocycles. The van der Waals surface area contributed by atoms with Gasteiger partial charge in [-0.25, -0.2) is 8.42 Å². The van der Waals surface area contributed by atoms with Gasteiger partial charge in [-0.2, -0.15) is 17.5 Å². The molecule has 0 aliphatic carbocycles. The second kappa shape index (κ2) is 4.06. The Morgan fingerprint density at radius 2 is 1.67 bits per heavy atom. The molecule has 0 aromatic carbocycles. The van der Waals surface area contributed by atoms with Gasteiger partial charge in [-0.05, 0) is 0 Å². The van der Waals surface area contributed by atoms with Crippen LogP contribution in [0.3, 0.4) is 0 Å². The van der Waals surface area contributed by atoms with Crippen LogP contribution in [-0.2, 0) is 14.8 Å². The number of sulfonamides is 1. The zero-order valence-electron chi connectivity index (χ0n) is 7.54. The minimum atomic E-state index is -5.34. The second-order valence-electron chi connectivity index (χ2n) is 2.94. The van der Waals surface area contributed by atoms with Gasteiger partial charge in [0.25, 0.3) is 10.0 Å². The highest BCUT2D eigenvalue weighted by atomic mass is 32.2. The molecule has 0 amide bonds. The third-order valence-electron chi connectivity index (χ3n) is 1.88. The van der Waals surface area contributed by atoms with E-state index in [1.807, 2.05) is 0 Å². The fourth-order valence-electron chi connectivity index (χ4n) is 1.15. The normalized spacial score (nSPS) is 20.2. The van der Waals surface area contributed by atoms with Gasteiger partial charge < -0.3 is 5.32 Å². The fraction of sp³-hybridized carbons (Fsp3) is 0.833. The molecule has 1 rings (SSSR count). The topological polar surface area (TPSA) is 66.5 Å². The van der Waals surface area contributed by atoms with Gasteiger partial charge in [-0.15, -0.1) is 0 Å². The van der Waals surface area contributed by atoms with E-state index in [-0.39, 0.29) is 26.2 Å². The van der Waals surface area contributed by atoms with Crippen molar-refractivity contribution in [2.24, 2.45) is 0 Å². The standard InChI is InChI=1S/C6H9F3N2O3S/c7-6(8,9)5(12)15(13,14)11-3-1-10-2-4-11/h10H,1-4H2. The summed E-state index contributed by atoms with van der Waals surface area (Å²) in [5.74, 6) is 0. The Balaban J connectivity index is 2.87. The average Bonchev–Trinajstić information content (AvgIpc) is 2.16. The van der Waals surface area contributed by atoms with Gasteiger partial charge in [0.05, 0.1) is 0 Å². The molecule has 1 saturated heterocycles. The number of halogens is 3. The molecule has 1 fully saturated rings. The van der Waals surface area contributed by atoms with Crippen molar-refractivity contribution in [1.82, 2.24) is 9.62 Å². The van der Waals surface area contributed by atoms with Crippen molar-refractivity contribution in [2.75, 3.05) is 26.2 Å². The molecule has 0 unspecified atom stereocenters. The van der Waals surface area contributed by atoms with E-state index in [4.69, 9.17) is 0 Å². The second-order valence-corrected chi connectivity index (χ2v) is 4.78. The molecule has 0 spiro atoms. The van der Waals surface area contributed by atoms with E-state index in [1.165, 1.54) is 0 Å². The van der Waals surface area contributed by atoms with Gasteiger partial charge in [0.2, 0.25) is 0 Å². The Hall–Kier alpha value is -0.670. The summed E-state index contributed by atoms with van der Waals surface area (Å²) in [4.78, 5) is 10.6. The van der Waals surface area contributed by atoms with Crippen LogP contribution in [0.4, 0.5) is 13.2 Å². The van der Waals surface area contributed by atoms with Crippen LogP contribution in [0.5, 0.6) is 0 Å². The summed E-state index contributed by atoms with van der Waals surface area (Å²) in [6.45, 7) is 0.239. The Kier molecular flexibility index (Phi) is 3.36. The van der Waals surface area contributed by atoms with Gasteiger partial charge in [0, 0.05) is 26.2 Å². The van der Waals surface area contributed by atoms with Gasteiger partial charge >= 0.3 is 11.3 Å². The summed E-state index contributed by atoms with van der Waals surface area (Å²) in [5, 5.41) is 0.0685. The summed E-state index contributed by atoms with van der Waals surface area (Å²) in [6.07, 6.45) is -5.34. The number of nitrogens with zero attached hydrogens (tertiary/aromatic N) is 1. The van der Waals surface area contributed by atoms with Crippen molar-refractivity contribution in [3.63, 3.8) is 0 Å². The Morgan fingerprint density at radius 3 is 2.07 bits per heavy atom. The molecular weight excluding hydrogens is 237 g/mol. The number of hydrogen-bond donors (Lipinski definition) is 1. The van der Waals surface area contributed by atoms with Crippen LogP contribution in [0.1, 0.15) is 0 Å². The zero-order valence-corrected chi connectivity index (χ0v) is 8.36. The third-order valence-corrected chi connectivity index (χ3v) is 3.63. The lowest BCUT2D eigenvalue weighted by Crippen LogP contribution is -2.50. The molecule has 9 heteroatoms. The van der Waals surface area contributed by atoms with Crippen LogP contribution in [0.25, 0.3) is 0 Å². The van der Waals surface area contributed by atoms with E-state index in [2.05, 4.69) is 5.32 Å². The molecule has 5 nitrogen and oxygen atoms in total. The highest BCUT2D eigenvalue weighted by molar-refractivity contribution is 8.04. The first-order chi connectivity index (χ1) is 6.76. The predicted molar refractivity (Wildman–Crippen MR) is 44.4 cm³/mol. The molecule has 15 heavy (non-hydrogen) atoms. The van der Waals surface area contributed by atoms with Crippen LogP contribution in [-0.4, -0.2) is 50.2 Å². The average molecular weight is 246 g/mol. The van der Waals surface area contributed by atoms with Crippen LogP contribution < -0.4 is 5.32 Å². The smallest absolute Gasteiger partial charge is 0.314 e. The minimum Gasteiger partial charge on any atom is -0.314 e. The molecule has 0 aromatic rings. The van der Waals surface area contributed by atoms with Gasteiger partial charge in [-0.1, -0.05) is 0 Å². The number of carbonyl (C=O) groups excluding carboxylic acids is 1. The summed E-state index contributed by atoms with van der Waals surface area (Å²) in [7, 11) is -4.89. The summed E-state index contributed by atoms with van der Waals surface area (Å²) < 4.78 is 58.6.